The summed E-state index contributed by atoms with van der Waals surface area (Å²) in [5.74, 6) is 0. The van der Waals surface area contributed by atoms with E-state index < -0.39 is 0 Å². The van der Waals surface area contributed by atoms with Crippen molar-refractivity contribution in [3.05, 3.63) is 12.2 Å². The Morgan fingerprint density at radius 2 is 2.00 bits per heavy atom. The van der Waals surface area contributed by atoms with Crippen molar-refractivity contribution < 1.29 is 0 Å². The molecule has 0 aromatic carbocycles. The summed E-state index contributed by atoms with van der Waals surface area (Å²) in [5.41, 5.74) is 6.37. The van der Waals surface area contributed by atoms with E-state index in [0.717, 1.165) is 5.57 Å². The van der Waals surface area contributed by atoms with Gasteiger partial charge in [-0.1, -0.05) is 12.2 Å². The molecule has 1 heteroatoms. The highest BCUT2D eigenvalue weighted by molar-refractivity contribution is 4.96. The quantitative estimate of drug-likeness (QED) is 0.470. The molecule has 0 aromatic heterocycles. The lowest BCUT2D eigenvalue weighted by molar-refractivity contribution is 0.865. The van der Waals surface area contributed by atoms with Gasteiger partial charge < -0.3 is 5.73 Å². The van der Waals surface area contributed by atoms with Crippen LogP contribution in [-0.2, 0) is 0 Å². The fraction of sp³-hybridized carbons (Fsp3) is 0.600. The van der Waals surface area contributed by atoms with Crippen LogP contribution >= 0.6 is 0 Å². The van der Waals surface area contributed by atoms with Gasteiger partial charge >= 0.3 is 0 Å². The molecule has 0 aliphatic rings. The first kappa shape index (κ1) is 5.70. The highest BCUT2D eigenvalue weighted by atomic mass is 14.6. The van der Waals surface area contributed by atoms with Gasteiger partial charge in [-0.05, 0) is 13.8 Å². The van der Waals surface area contributed by atoms with E-state index in [1.54, 1.807) is 0 Å². The molecule has 0 aliphatic heterocycles. The summed E-state index contributed by atoms with van der Waals surface area (Å²) < 4.78 is 0. The first-order chi connectivity index (χ1) is 2.64. The van der Waals surface area contributed by atoms with Crippen LogP contribution < -0.4 is 5.73 Å². The van der Waals surface area contributed by atoms with Crippen molar-refractivity contribution in [3.63, 3.8) is 0 Å². The molecule has 0 amide bonds. The van der Waals surface area contributed by atoms with Crippen LogP contribution in [0.25, 0.3) is 0 Å². The molecule has 0 saturated carbocycles. The fourth-order valence-electron chi connectivity index (χ4n) is 0. The summed E-state index contributed by atoms with van der Waals surface area (Å²) in [6.45, 7) is 7.47. The first-order valence-electron chi connectivity index (χ1n) is 2.05. The van der Waals surface area contributed by atoms with E-state index in [2.05, 4.69) is 6.58 Å². The fourth-order valence-corrected chi connectivity index (χ4v) is 0. The van der Waals surface area contributed by atoms with E-state index in [9.17, 15) is 0 Å². The van der Waals surface area contributed by atoms with Crippen molar-refractivity contribution in [1.82, 2.24) is 0 Å². The molecule has 0 heterocycles. The molecule has 0 saturated heterocycles. The Kier molecular flexibility index (Phi) is 1.88. The van der Waals surface area contributed by atoms with E-state index in [1.165, 1.54) is 0 Å². The largest absolute Gasteiger partial charge is 0.324 e. The summed E-state index contributed by atoms with van der Waals surface area (Å²) >= 11 is 0. The molecule has 1 atom stereocenters. The van der Waals surface area contributed by atoms with E-state index in [1.807, 2.05) is 13.8 Å². The van der Waals surface area contributed by atoms with Crippen molar-refractivity contribution in [2.75, 3.05) is 0 Å². The summed E-state index contributed by atoms with van der Waals surface area (Å²) in [6.07, 6.45) is 0. The van der Waals surface area contributed by atoms with Gasteiger partial charge in [0.15, 0.2) is 0 Å². The number of nitrogens with two attached hydrogens (primary N) is 1. The van der Waals surface area contributed by atoms with Gasteiger partial charge in [-0.15, -0.1) is 0 Å². The van der Waals surface area contributed by atoms with Crippen molar-refractivity contribution in [2.24, 2.45) is 5.73 Å². The second kappa shape index (κ2) is 1.98. The van der Waals surface area contributed by atoms with Crippen LogP contribution in [0.2, 0.25) is 0 Å². The van der Waals surface area contributed by atoms with Gasteiger partial charge in [-0.2, -0.15) is 0 Å². The Balaban J connectivity index is 3.26. The Hall–Kier alpha value is -0.300. The number of rotatable bonds is 1. The average molecular weight is 85.2 g/mol. The van der Waals surface area contributed by atoms with Gasteiger partial charge in [-0.3, -0.25) is 0 Å². The average Bonchev–Trinajstić information content (AvgIpc) is 1.36. The summed E-state index contributed by atoms with van der Waals surface area (Å²) in [4.78, 5) is 0. The normalized spacial score (nSPS) is 13.8. The Morgan fingerprint density at radius 3 is 2.00 bits per heavy atom. The standard InChI is InChI=1S/C5H11N/c1-4(2)5(3)6/h5H,1,6H2,2-3H3/t5-/m0/s1. The molecular weight excluding hydrogens is 74.1 g/mol. The minimum Gasteiger partial charge on any atom is -0.324 e. The maximum Gasteiger partial charge on any atom is 0.0219 e. The van der Waals surface area contributed by atoms with Crippen molar-refractivity contribution in [3.8, 4) is 0 Å². The van der Waals surface area contributed by atoms with Gasteiger partial charge in [0, 0.05) is 6.04 Å². The molecule has 36 valence electrons. The molecule has 0 aliphatic carbocycles. The van der Waals surface area contributed by atoms with Gasteiger partial charge in [0.2, 0.25) is 0 Å². The molecule has 0 bridgehead atoms. The third kappa shape index (κ3) is 1.97. The van der Waals surface area contributed by atoms with Gasteiger partial charge in [0.05, 0.1) is 0 Å². The van der Waals surface area contributed by atoms with Gasteiger partial charge in [-0.25, -0.2) is 0 Å². The van der Waals surface area contributed by atoms with Gasteiger partial charge in [0.1, 0.15) is 0 Å². The highest BCUT2D eigenvalue weighted by Crippen LogP contribution is 1.88. The van der Waals surface area contributed by atoms with E-state index >= 15 is 0 Å². The summed E-state index contributed by atoms with van der Waals surface area (Å²) in [5, 5.41) is 0. The Morgan fingerprint density at radius 1 is 1.83 bits per heavy atom. The van der Waals surface area contributed by atoms with Crippen LogP contribution in [0.15, 0.2) is 12.2 Å². The molecule has 0 aromatic rings. The lowest BCUT2D eigenvalue weighted by Gasteiger charge is -1.98. The zero-order valence-electron chi connectivity index (χ0n) is 4.36. The molecule has 0 fully saturated rings. The van der Waals surface area contributed by atoms with Crippen LogP contribution in [0.3, 0.4) is 0 Å². The molecule has 2 N–H and O–H groups in total. The molecule has 1 nitrogen and oxygen atoms in total. The molecule has 0 rings (SSSR count). The van der Waals surface area contributed by atoms with Crippen molar-refractivity contribution >= 4 is 0 Å². The van der Waals surface area contributed by atoms with E-state index in [-0.39, 0.29) is 6.04 Å². The summed E-state index contributed by atoms with van der Waals surface area (Å²) in [7, 11) is 0. The predicted octanol–water partition coefficient (Wildman–Crippen LogP) is 0.910. The molecule has 0 radical (unpaired) electrons. The highest BCUT2D eigenvalue weighted by Gasteiger charge is 1.87. The van der Waals surface area contributed by atoms with Crippen LogP contribution in [0.5, 0.6) is 0 Å². The number of hydrogen-bond acceptors (Lipinski definition) is 1. The smallest absolute Gasteiger partial charge is 0.0219 e. The number of hydrogen-bond donors (Lipinski definition) is 1. The SMILES string of the molecule is C=C(C)[C@H](C)N. The minimum absolute atomic E-state index is 0.157. The monoisotopic (exact) mass is 85.1 g/mol. The lowest BCUT2D eigenvalue weighted by atomic mass is 10.2. The minimum atomic E-state index is 0.157. The van der Waals surface area contributed by atoms with E-state index in [0.29, 0.717) is 0 Å². The molecule has 0 spiro atoms. The van der Waals surface area contributed by atoms with Crippen LogP contribution in [0, 0.1) is 0 Å². The maximum atomic E-state index is 5.34. The van der Waals surface area contributed by atoms with Gasteiger partial charge in [0.25, 0.3) is 0 Å². The Labute approximate surface area is 38.8 Å². The topological polar surface area (TPSA) is 26.0 Å². The molecular formula is C5H11N. The summed E-state index contributed by atoms with van der Waals surface area (Å²) in [6, 6.07) is 0.157. The van der Waals surface area contributed by atoms with Crippen LogP contribution in [-0.4, -0.2) is 6.04 Å². The second-order valence-electron chi connectivity index (χ2n) is 1.64. The lowest BCUT2D eigenvalue weighted by Crippen LogP contribution is -2.14. The maximum absolute atomic E-state index is 5.34. The van der Waals surface area contributed by atoms with Crippen molar-refractivity contribution in [2.45, 2.75) is 19.9 Å². The van der Waals surface area contributed by atoms with Crippen molar-refractivity contribution in [1.29, 1.82) is 0 Å². The second-order valence-corrected chi connectivity index (χ2v) is 1.64. The zero-order chi connectivity index (χ0) is 5.15. The predicted molar refractivity (Wildman–Crippen MR) is 28.5 cm³/mol. The van der Waals surface area contributed by atoms with Crippen LogP contribution in [0.1, 0.15) is 13.8 Å². The molecule has 0 unspecified atom stereocenters. The third-order valence-electron chi connectivity index (χ3n) is 0.777. The Bertz CT molecular complexity index is 55.0. The molecule has 6 heavy (non-hydrogen) atoms. The third-order valence-corrected chi connectivity index (χ3v) is 0.777. The van der Waals surface area contributed by atoms with Crippen LogP contribution in [0.4, 0.5) is 0 Å². The zero-order valence-corrected chi connectivity index (χ0v) is 4.36. The first-order valence-corrected chi connectivity index (χ1v) is 2.05. The van der Waals surface area contributed by atoms with E-state index in [4.69, 9.17) is 5.73 Å².